The average molecular weight is 237 g/mol. The zero-order valence-electron chi connectivity index (χ0n) is 9.00. The first-order chi connectivity index (χ1) is 8.22. The van der Waals surface area contributed by atoms with Gasteiger partial charge in [-0.3, -0.25) is 14.9 Å². The fourth-order valence-electron chi connectivity index (χ4n) is 1.66. The highest BCUT2D eigenvalue weighted by atomic mass is 16.7. The monoisotopic (exact) mass is 237 g/mol. The van der Waals surface area contributed by atoms with Crippen molar-refractivity contribution in [3.63, 3.8) is 0 Å². The lowest BCUT2D eigenvalue weighted by Gasteiger charge is -2.23. The van der Waals surface area contributed by atoms with Gasteiger partial charge >= 0.3 is 0 Å². The third kappa shape index (κ3) is 2.48. The molecule has 0 spiro atoms. The van der Waals surface area contributed by atoms with Crippen molar-refractivity contribution in [2.24, 2.45) is 0 Å². The van der Waals surface area contributed by atoms with Gasteiger partial charge in [0.1, 0.15) is 6.29 Å². The topological polar surface area (TPSA) is 78.7 Å². The summed E-state index contributed by atoms with van der Waals surface area (Å²) in [6, 6.07) is 4.23. The lowest BCUT2D eigenvalue weighted by atomic mass is 10.1. The summed E-state index contributed by atoms with van der Waals surface area (Å²) in [6.45, 7) is 1.02. The molecule has 0 radical (unpaired) electrons. The summed E-state index contributed by atoms with van der Waals surface area (Å²) in [7, 11) is 0. The third-order valence-electron chi connectivity index (χ3n) is 2.47. The molecule has 0 amide bonds. The molecule has 1 fully saturated rings. The van der Waals surface area contributed by atoms with E-state index in [1.165, 1.54) is 18.2 Å². The van der Waals surface area contributed by atoms with Crippen LogP contribution in [-0.2, 0) is 9.47 Å². The van der Waals surface area contributed by atoms with E-state index in [1.54, 1.807) is 0 Å². The Morgan fingerprint density at radius 2 is 2.06 bits per heavy atom. The van der Waals surface area contributed by atoms with Crippen molar-refractivity contribution >= 4 is 12.0 Å². The van der Waals surface area contributed by atoms with Gasteiger partial charge in [0, 0.05) is 11.6 Å². The molecule has 90 valence electrons. The molecule has 6 heteroatoms. The second-order valence-corrected chi connectivity index (χ2v) is 3.62. The van der Waals surface area contributed by atoms with E-state index in [9.17, 15) is 14.9 Å². The van der Waals surface area contributed by atoms with E-state index in [0.717, 1.165) is 6.42 Å². The van der Waals surface area contributed by atoms with Crippen molar-refractivity contribution in [1.82, 2.24) is 0 Å². The molecule has 1 saturated heterocycles. The molecular weight excluding hydrogens is 226 g/mol. The number of benzene rings is 1. The Hall–Kier alpha value is -1.79. The van der Waals surface area contributed by atoms with Crippen molar-refractivity contribution in [2.45, 2.75) is 12.7 Å². The van der Waals surface area contributed by atoms with Crippen molar-refractivity contribution < 1.29 is 19.2 Å². The number of nitro benzene ring substituents is 1. The first-order valence-electron chi connectivity index (χ1n) is 5.19. The van der Waals surface area contributed by atoms with Crippen molar-refractivity contribution in [1.29, 1.82) is 0 Å². The number of nitro groups is 1. The maximum absolute atomic E-state index is 10.9. The predicted molar refractivity (Wildman–Crippen MR) is 57.7 cm³/mol. The quantitative estimate of drug-likeness (QED) is 0.455. The Bertz CT molecular complexity index is 439. The van der Waals surface area contributed by atoms with Crippen molar-refractivity contribution in [3.05, 3.63) is 39.4 Å². The summed E-state index contributed by atoms with van der Waals surface area (Å²) in [5, 5.41) is 10.9. The number of carbonyl (C=O) groups excluding carboxylic acids is 1. The number of ether oxygens (including phenoxy) is 2. The largest absolute Gasteiger partial charge is 0.348 e. The van der Waals surface area contributed by atoms with Gasteiger partial charge in [-0.1, -0.05) is 6.07 Å². The summed E-state index contributed by atoms with van der Waals surface area (Å²) in [5.41, 5.74) is 0.457. The molecule has 17 heavy (non-hydrogen) atoms. The molecule has 1 aromatic rings. The Morgan fingerprint density at radius 3 is 2.65 bits per heavy atom. The van der Waals surface area contributed by atoms with Crippen LogP contribution in [-0.4, -0.2) is 24.4 Å². The van der Waals surface area contributed by atoms with Crippen LogP contribution in [0.5, 0.6) is 0 Å². The fraction of sp³-hybridized carbons (Fsp3) is 0.364. The highest BCUT2D eigenvalue weighted by Crippen LogP contribution is 2.31. The van der Waals surface area contributed by atoms with E-state index < -0.39 is 11.2 Å². The minimum absolute atomic E-state index is 0.151. The van der Waals surface area contributed by atoms with Gasteiger partial charge in [-0.2, -0.15) is 0 Å². The molecule has 0 unspecified atom stereocenters. The Kier molecular flexibility index (Phi) is 3.46. The van der Waals surface area contributed by atoms with E-state index in [1.807, 2.05) is 0 Å². The number of hydrogen-bond acceptors (Lipinski definition) is 5. The molecule has 0 aromatic heterocycles. The molecule has 0 aliphatic carbocycles. The maximum atomic E-state index is 10.9. The molecule has 1 heterocycles. The lowest BCUT2D eigenvalue weighted by Crippen LogP contribution is -2.18. The number of nitrogens with zero attached hydrogens (tertiary/aromatic N) is 1. The fourth-order valence-corrected chi connectivity index (χ4v) is 1.66. The van der Waals surface area contributed by atoms with Gasteiger partial charge in [0.25, 0.3) is 5.69 Å². The second-order valence-electron chi connectivity index (χ2n) is 3.62. The van der Waals surface area contributed by atoms with E-state index in [0.29, 0.717) is 25.1 Å². The smallest absolute Gasteiger partial charge is 0.278 e. The van der Waals surface area contributed by atoms with Gasteiger partial charge in [-0.25, -0.2) is 0 Å². The Morgan fingerprint density at radius 1 is 1.35 bits per heavy atom. The highest BCUT2D eigenvalue weighted by Gasteiger charge is 2.25. The third-order valence-corrected chi connectivity index (χ3v) is 2.47. The normalized spacial score (nSPS) is 16.7. The molecular formula is C11H11NO5. The van der Waals surface area contributed by atoms with Gasteiger partial charge in [-0.05, 0) is 12.5 Å². The number of rotatable bonds is 3. The zero-order chi connectivity index (χ0) is 12.3. The van der Waals surface area contributed by atoms with Crippen molar-refractivity contribution in [3.8, 4) is 0 Å². The molecule has 0 atom stereocenters. The van der Waals surface area contributed by atoms with Crippen LogP contribution in [0.1, 0.15) is 28.6 Å². The average Bonchev–Trinajstić information content (AvgIpc) is 2.39. The summed E-state index contributed by atoms with van der Waals surface area (Å²) in [6.07, 6.45) is 0.626. The Balaban J connectivity index is 2.37. The van der Waals surface area contributed by atoms with Crippen LogP contribution in [0.15, 0.2) is 18.2 Å². The summed E-state index contributed by atoms with van der Waals surface area (Å²) >= 11 is 0. The van der Waals surface area contributed by atoms with Gasteiger partial charge in [0.15, 0.2) is 6.29 Å². The van der Waals surface area contributed by atoms with Crippen molar-refractivity contribution in [2.75, 3.05) is 13.2 Å². The van der Waals surface area contributed by atoms with Crippen LogP contribution in [0.3, 0.4) is 0 Å². The molecule has 2 rings (SSSR count). The minimum atomic E-state index is -0.718. The van der Waals surface area contributed by atoms with Gasteiger partial charge in [0.05, 0.1) is 23.7 Å². The SMILES string of the molecule is O=Cc1ccc(C2OCCCO2)c([N+](=O)[O-])c1. The molecule has 1 aliphatic heterocycles. The van der Waals surface area contributed by atoms with Crippen LogP contribution < -0.4 is 0 Å². The molecule has 1 aliphatic rings. The van der Waals surface area contributed by atoms with E-state index in [4.69, 9.17) is 9.47 Å². The lowest BCUT2D eigenvalue weighted by molar-refractivity contribution is -0.387. The summed E-state index contributed by atoms with van der Waals surface area (Å²) < 4.78 is 10.6. The first kappa shape index (κ1) is 11.7. The molecule has 0 bridgehead atoms. The Labute approximate surface area is 97.3 Å². The number of hydrogen-bond donors (Lipinski definition) is 0. The second kappa shape index (κ2) is 5.03. The standard InChI is InChI=1S/C11H11NO5/c13-7-8-2-3-9(10(6-8)12(14)15)11-16-4-1-5-17-11/h2-3,6-7,11H,1,4-5H2. The van der Waals surface area contributed by atoms with Crippen LogP contribution in [0.2, 0.25) is 0 Å². The number of aldehydes is 1. The summed E-state index contributed by atoms with van der Waals surface area (Å²) in [5.74, 6) is 0. The maximum Gasteiger partial charge on any atom is 0.278 e. The van der Waals surface area contributed by atoms with Crippen LogP contribution >= 0.6 is 0 Å². The van der Waals surface area contributed by atoms with Gasteiger partial charge in [-0.15, -0.1) is 0 Å². The highest BCUT2D eigenvalue weighted by molar-refractivity contribution is 5.76. The van der Waals surface area contributed by atoms with Crippen LogP contribution in [0, 0.1) is 10.1 Å². The molecule has 0 N–H and O–H groups in total. The molecule has 1 aromatic carbocycles. The van der Waals surface area contributed by atoms with Gasteiger partial charge < -0.3 is 9.47 Å². The first-order valence-corrected chi connectivity index (χ1v) is 5.19. The van der Waals surface area contributed by atoms with E-state index in [-0.39, 0.29) is 11.3 Å². The summed E-state index contributed by atoms with van der Waals surface area (Å²) in [4.78, 5) is 21.0. The minimum Gasteiger partial charge on any atom is -0.348 e. The zero-order valence-corrected chi connectivity index (χ0v) is 9.00. The predicted octanol–water partition coefficient (Wildman–Crippen LogP) is 1.84. The molecule has 0 saturated carbocycles. The van der Waals surface area contributed by atoms with Crippen LogP contribution in [0.25, 0.3) is 0 Å². The van der Waals surface area contributed by atoms with E-state index in [2.05, 4.69) is 0 Å². The van der Waals surface area contributed by atoms with Gasteiger partial charge in [0.2, 0.25) is 0 Å². The van der Waals surface area contributed by atoms with E-state index >= 15 is 0 Å². The number of carbonyl (C=O) groups is 1. The molecule has 6 nitrogen and oxygen atoms in total. The van der Waals surface area contributed by atoms with Crippen LogP contribution in [0.4, 0.5) is 5.69 Å².